The maximum atomic E-state index is 12.9. The zero-order chi connectivity index (χ0) is 21.9. The van der Waals surface area contributed by atoms with E-state index in [2.05, 4.69) is 15.5 Å². The van der Waals surface area contributed by atoms with Gasteiger partial charge in [0.15, 0.2) is 0 Å². The van der Waals surface area contributed by atoms with Crippen LogP contribution in [0.25, 0.3) is 0 Å². The van der Waals surface area contributed by atoms with Crippen molar-refractivity contribution in [3.63, 3.8) is 0 Å². The van der Waals surface area contributed by atoms with Gasteiger partial charge in [0.1, 0.15) is 5.72 Å². The molecular weight excluding hydrogens is 383 g/mol. The van der Waals surface area contributed by atoms with Crippen LogP contribution in [0.3, 0.4) is 0 Å². The molecule has 1 saturated heterocycles. The molecule has 0 saturated carbocycles. The van der Waals surface area contributed by atoms with E-state index in [1.54, 1.807) is 0 Å². The zero-order valence-electron chi connectivity index (χ0n) is 17.6. The number of nitrogens with zero attached hydrogens (tertiary/aromatic N) is 1. The lowest BCUT2D eigenvalue weighted by atomic mass is 9.95. The lowest BCUT2D eigenvalue weighted by molar-refractivity contribution is -0.137. The minimum atomic E-state index is -4.45. The molecule has 0 aromatic heterocycles. The molecule has 1 heterocycles. The Labute approximate surface area is 170 Å². The summed E-state index contributed by atoms with van der Waals surface area (Å²) in [6, 6.07) is 4.75. The van der Waals surface area contributed by atoms with E-state index in [0.717, 1.165) is 38.1 Å². The highest BCUT2D eigenvalue weighted by molar-refractivity contribution is 5.78. The van der Waals surface area contributed by atoms with Crippen molar-refractivity contribution >= 4 is 5.91 Å². The Morgan fingerprint density at radius 1 is 1.14 bits per heavy atom. The van der Waals surface area contributed by atoms with Crippen molar-refractivity contribution in [1.29, 1.82) is 0 Å². The molecule has 3 N–H and O–H groups in total. The molecular formula is C21H32F3N3O2. The summed E-state index contributed by atoms with van der Waals surface area (Å²) in [5.41, 5.74) is -2.40. The molecule has 2 rings (SSSR count). The van der Waals surface area contributed by atoms with Crippen LogP contribution in [-0.2, 0) is 16.7 Å². The van der Waals surface area contributed by atoms with Gasteiger partial charge >= 0.3 is 6.18 Å². The van der Waals surface area contributed by atoms with Crippen LogP contribution in [-0.4, -0.2) is 47.6 Å². The van der Waals surface area contributed by atoms with Crippen molar-refractivity contribution in [1.82, 2.24) is 15.5 Å². The maximum absolute atomic E-state index is 12.9. The van der Waals surface area contributed by atoms with Gasteiger partial charge in [-0.3, -0.25) is 15.0 Å². The number of nitrogens with one attached hydrogen (secondary N) is 2. The van der Waals surface area contributed by atoms with Crippen molar-refractivity contribution in [2.75, 3.05) is 26.2 Å². The van der Waals surface area contributed by atoms with Crippen LogP contribution in [0.2, 0.25) is 0 Å². The molecule has 1 aromatic carbocycles. The molecule has 1 aliphatic heterocycles. The van der Waals surface area contributed by atoms with Crippen molar-refractivity contribution in [2.45, 2.75) is 58.0 Å². The van der Waals surface area contributed by atoms with Crippen LogP contribution in [0.1, 0.15) is 51.7 Å². The Bertz CT molecular complexity index is 691. The summed E-state index contributed by atoms with van der Waals surface area (Å²) in [6.45, 7) is 9.70. The Balaban J connectivity index is 1.83. The molecule has 164 valence electrons. The number of halogens is 3. The third kappa shape index (κ3) is 7.60. The van der Waals surface area contributed by atoms with Crippen molar-refractivity contribution < 1.29 is 23.1 Å². The molecule has 0 bridgehead atoms. The summed E-state index contributed by atoms with van der Waals surface area (Å²) in [7, 11) is 0. The summed E-state index contributed by atoms with van der Waals surface area (Å²) in [5, 5.41) is 16.6. The molecule has 1 fully saturated rings. The number of hydrogen-bond donors (Lipinski definition) is 3. The maximum Gasteiger partial charge on any atom is 0.416 e. The predicted molar refractivity (Wildman–Crippen MR) is 106 cm³/mol. The summed E-state index contributed by atoms with van der Waals surface area (Å²) in [5.74, 6) is 0.288. The SMILES string of the molecule is CC(C)(C)NC(=O)CN1CCC(CNC(C)(O)c2cccc(C(F)(F)F)c2)CC1. The Morgan fingerprint density at radius 2 is 1.72 bits per heavy atom. The monoisotopic (exact) mass is 415 g/mol. The van der Waals surface area contributed by atoms with Crippen molar-refractivity contribution in [3.8, 4) is 0 Å². The van der Waals surface area contributed by atoms with Crippen LogP contribution in [0, 0.1) is 5.92 Å². The second-order valence-corrected chi connectivity index (χ2v) is 9.05. The average molecular weight is 416 g/mol. The van der Waals surface area contributed by atoms with Crippen LogP contribution >= 0.6 is 0 Å². The first-order valence-electron chi connectivity index (χ1n) is 9.95. The highest BCUT2D eigenvalue weighted by Gasteiger charge is 2.33. The normalized spacial score (nSPS) is 19.0. The summed E-state index contributed by atoms with van der Waals surface area (Å²) in [6.07, 6.45) is -2.73. The van der Waals surface area contributed by atoms with E-state index in [1.807, 2.05) is 20.8 Å². The molecule has 0 aliphatic carbocycles. The second kappa shape index (κ2) is 9.02. The number of rotatable bonds is 6. The fraction of sp³-hybridized carbons (Fsp3) is 0.667. The number of hydrogen-bond acceptors (Lipinski definition) is 4. The number of carbonyl (C=O) groups is 1. The smallest absolute Gasteiger partial charge is 0.372 e. The number of carbonyl (C=O) groups excluding carboxylic acids is 1. The predicted octanol–water partition coefficient (Wildman–Crippen LogP) is 3.09. The number of alkyl halides is 3. The molecule has 1 atom stereocenters. The third-order valence-corrected chi connectivity index (χ3v) is 5.08. The molecule has 1 aromatic rings. The quantitative estimate of drug-likeness (QED) is 0.625. The molecule has 8 heteroatoms. The van der Waals surface area contributed by atoms with Gasteiger partial charge in [0.05, 0.1) is 12.1 Å². The van der Waals surface area contributed by atoms with E-state index in [1.165, 1.54) is 19.1 Å². The van der Waals surface area contributed by atoms with Gasteiger partial charge in [-0.25, -0.2) is 0 Å². The average Bonchev–Trinajstić information content (AvgIpc) is 2.59. The first-order valence-corrected chi connectivity index (χ1v) is 9.95. The number of aliphatic hydroxyl groups is 1. The van der Waals surface area contributed by atoms with Crippen molar-refractivity contribution in [3.05, 3.63) is 35.4 Å². The van der Waals surface area contributed by atoms with Crippen LogP contribution in [0.15, 0.2) is 24.3 Å². The van der Waals surface area contributed by atoms with E-state index in [0.29, 0.717) is 13.1 Å². The summed E-state index contributed by atoms with van der Waals surface area (Å²) in [4.78, 5) is 14.1. The lowest BCUT2D eigenvalue weighted by Crippen LogP contribution is -2.48. The van der Waals surface area contributed by atoms with Gasteiger partial charge in [0.2, 0.25) is 5.91 Å². The molecule has 1 aliphatic rings. The minimum Gasteiger partial charge on any atom is -0.372 e. The lowest BCUT2D eigenvalue weighted by Gasteiger charge is -2.34. The highest BCUT2D eigenvalue weighted by atomic mass is 19.4. The molecule has 5 nitrogen and oxygen atoms in total. The standard InChI is InChI=1S/C21H32F3N3O2/c1-19(2,3)26-18(28)14-27-10-8-15(9-11-27)13-25-20(4,29)16-6-5-7-17(12-16)21(22,23)24/h5-7,12,15,25,29H,8-11,13-14H2,1-4H3,(H,26,28). The third-order valence-electron chi connectivity index (χ3n) is 5.08. The van der Waals surface area contributed by atoms with Gasteiger partial charge < -0.3 is 10.4 Å². The molecule has 1 unspecified atom stereocenters. The number of likely N-dealkylation sites (tertiary alicyclic amines) is 1. The van der Waals surface area contributed by atoms with Gasteiger partial charge in [0.25, 0.3) is 0 Å². The zero-order valence-corrected chi connectivity index (χ0v) is 17.6. The molecule has 29 heavy (non-hydrogen) atoms. The van der Waals surface area contributed by atoms with E-state index in [-0.39, 0.29) is 22.9 Å². The fourth-order valence-electron chi connectivity index (χ4n) is 3.45. The molecule has 0 spiro atoms. The van der Waals surface area contributed by atoms with E-state index in [9.17, 15) is 23.1 Å². The highest BCUT2D eigenvalue weighted by Crippen LogP contribution is 2.31. The number of piperidine rings is 1. The van der Waals surface area contributed by atoms with Gasteiger partial charge in [-0.2, -0.15) is 13.2 Å². The van der Waals surface area contributed by atoms with Gasteiger partial charge in [-0.15, -0.1) is 0 Å². The summed E-state index contributed by atoms with van der Waals surface area (Å²) < 4.78 is 38.7. The van der Waals surface area contributed by atoms with Crippen molar-refractivity contribution in [2.24, 2.45) is 5.92 Å². The molecule has 1 amide bonds. The van der Waals surface area contributed by atoms with E-state index < -0.39 is 17.5 Å². The number of benzene rings is 1. The minimum absolute atomic E-state index is 0.00144. The summed E-state index contributed by atoms with van der Waals surface area (Å²) >= 11 is 0. The Morgan fingerprint density at radius 3 is 2.28 bits per heavy atom. The molecule has 0 radical (unpaired) electrons. The Kier molecular flexibility index (Phi) is 7.35. The Hall–Kier alpha value is -1.64. The van der Waals surface area contributed by atoms with Crippen LogP contribution < -0.4 is 10.6 Å². The van der Waals surface area contributed by atoms with E-state index >= 15 is 0 Å². The van der Waals surface area contributed by atoms with Crippen LogP contribution in [0.5, 0.6) is 0 Å². The topological polar surface area (TPSA) is 64.6 Å². The number of amides is 1. The largest absolute Gasteiger partial charge is 0.416 e. The van der Waals surface area contributed by atoms with Gasteiger partial charge in [-0.05, 0) is 77.2 Å². The van der Waals surface area contributed by atoms with Gasteiger partial charge in [0, 0.05) is 12.1 Å². The first-order chi connectivity index (χ1) is 13.3. The van der Waals surface area contributed by atoms with E-state index in [4.69, 9.17) is 0 Å². The first kappa shape index (κ1) is 23.6. The van der Waals surface area contributed by atoms with Gasteiger partial charge in [-0.1, -0.05) is 12.1 Å². The fourth-order valence-corrected chi connectivity index (χ4v) is 3.45. The van der Waals surface area contributed by atoms with Crippen LogP contribution in [0.4, 0.5) is 13.2 Å². The second-order valence-electron chi connectivity index (χ2n) is 9.05.